The van der Waals surface area contributed by atoms with Crippen LogP contribution in [0.15, 0.2) is 0 Å². The summed E-state index contributed by atoms with van der Waals surface area (Å²) in [6.07, 6.45) is 10.5. The van der Waals surface area contributed by atoms with Gasteiger partial charge in [0.15, 0.2) is 0 Å². The van der Waals surface area contributed by atoms with Gasteiger partial charge in [-0.2, -0.15) is 0 Å². The summed E-state index contributed by atoms with van der Waals surface area (Å²) in [7, 11) is 0. The average molecular weight is 288 g/mol. The number of hydrogen-bond donors (Lipinski definition) is 0. The minimum atomic E-state index is 0.0489. The lowest BCUT2D eigenvalue weighted by atomic mass is 9.50. The first-order chi connectivity index (χ1) is 10.0. The fourth-order valence-corrected chi connectivity index (χ4v) is 7.16. The van der Waals surface area contributed by atoms with Crippen molar-refractivity contribution in [2.24, 2.45) is 35.0 Å². The van der Waals surface area contributed by atoms with E-state index in [1.165, 1.54) is 44.9 Å². The first kappa shape index (κ1) is 13.1. The second kappa shape index (κ2) is 3.93. The van der Waals surface area contributed by atoms with Gasteiger partial charge in [-0.05, 0) is 81.5 Å². The van der Waals surface area contributed by atoms with E-state index in [9.17, 15) is 4.79 Å². The zero-order chi connectivity index (χ0) is 14.4. The summed E-state index contributed by atoms with van der Waals surface area (Å²) in [6.45, 7) is 4.62. The summed E-state index contributed by atoms with van der Waals surface area (Å²) in [5.74, 6) is 4.86. The minimum Gasteiger partial charge on any atom is -0.366 e. The third-order valence-electron chi connectivity index (χ3n) is 8.42. The number of rotatable bonds is 0. The molecule has 2 nitrogen and oxygen atoms in total. The lowest BCUT2D eigenvalue weighted by Crippen LogP contribution is -2.49. The highest BCUT2D eigenvalue weighted by molar-refractivity contribution is 5.87. The van der Waals surface area contributed by atoms with Gasteiger partial charge in [-0.15, -0.1) is 0 Å². The third-order valence-corrected chi connectivity index (χ3v) is 8.42. The molecular weight excluding hydrogens is 260 g/mol. The second-order valence-corrected chi connectivity index (χ2v) is 9.21. The molecule has 0 amide bonds. The summed E-state index contributed by atoms with van der Waals surface area (Å²) >= 11 is 0. The Morgan fingerprint density at radius 2 is 1.90 bits per heavy atom. The van der Waals surface area contributed by atoms with Gasteiger partial charge in [0.25, 0.3) is 0 Å². The van der Waals surface area contributed by atoms with Gasteiger partial charge >= 0.3 is 0 Å². The van der Waals surface area contributed by atoms with E-state index in [1.54, 1.807) is 0 Å². The summed E-state index contributed by atoms with van der Waals surface area (Å²) in [4.78, 5) is 12.4. The highest BCUT2D eigenvalue weighted by Crippen LogP contribution is 2.64. The number of ether oxygens (including phenoxy) is 1. The molecule has 0 bridgehead atoms. The molecule has 0 aromatic carbocycles. The van der Waals surface area contributed by atoms with Crippen molar-refractivity contribution in [3.63, 3.8) is 0 Å². The maximum atomic E-state index is 12.4. The van der Waals surface area contributed by atoms with Crippen LogP contribution in [-0.2, 0) is 9.53 Å². The van der Waals surface area contributed by atoms with Crippen LogP contribution < -0.4 is 0 Å². The zero-order valence-corrected chi connectivity index (χ0v) is 13.4. The molecule has 1 aliphatic heterocycles. The summed E-state index contributed by atoms with van der Waals surface area (Å²) in [5, 5.41) is 0. The van der Waals surface area contributed by atoms with Crippen LogP contribution in [0.25, 0.3) is 0 Å². The molecule has 0 radical (unpaired) electrons. The molecule has 4 saturated carbocycles. The number of hydrogen-bond acceptors (Lipinski definition) is 2. The van der Waals surface area contributed by atoms with E-state index < -0.39 is 0 Å². The summed E-state index contributed by atoms with van der Waals surface area (Å²) in [5.41, 5.74) is 0.299. The van der Waals surface area contributed by atoms with Crippen LogP contribution in [0.4, 0.5) is 0 Å². The van der Waals surface area contributed by atoms with Crippen LogP contribution in [0.2, 0.25) is 0 Å². The molecule has 1 saturated heterocycles. The molecule has 5 fully saturated rings. The van der Waals surface area contributed by atoms with Gasteiger partial charge in [0.2, 0.25) is 0 Å². The first-order valence-electron chi connectivity index (χ1n) is 9.22. The zero-order valence-electron chi connectivity index (χ0n) is 13.4. The van der Waals surface area contributed by atoms with Crippen molar-refractivity contribution < 1.29 is 9.53 Å². The molecule has 8 atom stereocenters. The number of ketones is 1. The Labute approximate surface area is 128 Å². The molecule has 0 spiro atoms. The maximum Gasteiger partial charge on any atom is 0.139 e. The van der Waals surface area contributed by atoms with Gasteiger partial charge in [0, 0.05) is 11.8 Å². The van der Waals surface area contributed by atoms with Crippen LogP contribution in [-0.4, -0.2) is 17.5 Å². The number of epoxide rings is 1. The quantitative estimate of drug-likeness (QED) is 0.631. The Morgan fingerprint density at radius 3 is 2.76 bits per heavy atom. The van der Waals surface area contributed by atoms with Crippen LogP contribution in [0.1, 0.15) is 65.2 Å². The van der Waals surface area contributed by atoms with Gasteiger partial charge < -0.3 is 4.74 Å². The molecule has 0 N–H and O–H groups in total. The number of carbonyl (C=O) groups is 1. The van der Waals surface area contributed by atoms with Crippen LogP contribution in [0.5, 0.6) is 0 Å². The predicted octanol–water partition coefficient (Wildman–Crippen LogP) is 3.98. The van der Waals surface area contributed by atoms with Gasteiger partial charge in [0.05, 0.1) is 11.7 Å². The molecule has 4 aliphatic carbocycles. The summed E-state index contributed by atoms with van der Waals surface area (Å²) < 4.78 is 6.01. The van der Waals surface area contributed by atoms with E-state index >= 15 is 0 Å². The lowest BCUT2D eigenvalue weighted by molar-refractivity contribution is -0.132. The van der Waals surface area contributed by atoms with E-state index in [0.717, 1.165) is 30.1 Å². The second-order valence-electron chi connectivity index (χ2n) is 9.21. The van der Waals surface area contributed by atoms with Gasteiger partial charge in [-0.1, -0.05) is 6.92 Å². The van der Waals surface area contributed by atoms with Crippen molar-refractivity contribution in [3.8, 4) is 0 Å². The Bertz CT molecular complexity index is 500. The van der Waals surface area contributed by atoms with E-state index in [0.29, 0.717) is 17.8 Å². The largest absolute Gasteiger partial charge is 0.366 e. The minimum absolute atomic E-state index is 0.0489. The molecule has 5 aliphatic rings. The lowest BCUT2D eigenvalue weighted by Gasteiger charge is -2.54. The molecular formula is C19H28O2. The number of fused-ring (bicyclic) bond motifs is 6. The predicted molar refractivity (Wildman–Crippen MR) is 80.8 cm³/mol. The first-order valence-corrected chi connectivity index (χ1v) is 9.22. The van der Waals surface area contributed by atoms with Gasteiger partial charge in [-0.25, -0.2) is 0 Å². The molecule has 0 unspecified atom stereocenters. The van der Waals surface area contributed by atoms with Crippen LogP contribution in [0.3, 0.4) is 0 Å². The van der Waals surface area contributed by atoms with Crippen molar-refractivity contribution in [1.82, 2.24) is 0 Å². The topological polar surface area (TPSA) is 29.6 Å². The van der Waals surface area contributed by atoms with Crippen molar-refractivity contribution in [2.45, 2.75) is 76.9 Å². The Balaban J connectivity index is 1.43. The van der Waals surface area contributed by atoms with Gasteiger partial charge in [-0.3, -0.25) is 4.79 Å². The molecule has 2 heteroatoms. The summed E-state index contributed by atoms with van der Waals surface area (Å²) in [6, 6.07) is 0. The average Bonchev–Trinajstić information content (AvgIpc) is 3.02. The fraction of sp³-hybridized carbons (Fsp3) is 0.947. The third kappa shape index (κ3) is 1.61. The molecule has 116 valence electrons. The SMILES string of the molecule is C[C@]12C[C@@H]3CC[C@@H]4[C@H](CC[C@]5(C)C(=O)CC[C@@H]45)[C@H]3C[C@H]1O2. The Morgan fingerprint density at radius 1 is 1.05 bits per heavy atom. The highest BCUT2D eigenvalue weighted by Gasteiger charge is 2.63. The van der Waals surface area contributed by atoms with Gasteiger partial charge in [0.1, 0.15) is 5.78 Å². The van der Waals surface area contributed by atoms with Crippen LogP contribution >= 0.6 is 0 Å². The maximum absolute atomic E-state index is 12.4. The van der Waals surface area contributed by atoms with Crippen molar-refractivity contribution in [3.05, 3.63) is 0 Å². The van der Waals surface area contributed by atoms with E-state index in [1.807, 2.05) is 0 Å². The Kier molecular flexibility index (Phi) is 2.45. The molecule has 5 rings (SSSR count). The van der Waals surface area contributed by atoms with Crippen molar-refractivity contribution >= 4 is 5.78 Å². The fourth-order valence-electron chi connectivity index (χ4n) is 7.16. The highest BCUT2D eigenvalue weighted by atomic mass is 16.6. The molecule has 0 aromatic heterocycles. The van der Waals surface area contributed by atoms with Crippen molar-refractivity contribution in [1.29, 1.82) is 0 Å². The standard InChI is InChI=1S/C19H28O2/c1-18-8-7-12-13(15(18)5-6-16(18)20)4-3-11-10-19(2)17(21-19)9-14(11)12/h11-15,17H,3-10H2,1-2H3/t11-,12-,13+,14-,15-,17+,18-,19-/m0/s1. The van der Waals surface area contributed by atoms with E-state index in [2.05, 4.69) is 13.8 Å². The Hall–Kier alpha value is -0.370. The molecule has 21 heavy (non-hydrogen) atoms. The number of carbonyl (C=O) groups excluding carboxylic acids is 1. The normalized spacial score (nSPS) is 61.5. The van der Waals surface area contributed by atoms with E-state index in [-0.39, 0.29) is 11.0 Å². The monoisotopic (exact) mass is 288 g/mol. The van der Waals surface area contributed by atoms with E-state index in [4.69, 9.17) is 4.74 Å². The van der Waals surface area contributed by atoms with Crippen LogP contribution in [0, 0.1) is 35.0 Å². The number of Topliss-reactive ketones (excluding diaryl/α,β-unsaturated/α-hetero) is 1. The smallest absolute Gasteiger partial charge is 0.139 e. The molecule has 0 aromatic rings. The molecule has 1 heterocycles. The van der Waals surface area contributed by atoms with Crippen molar-refractivity contribution in [2.75, 3.05) is 0 Å².